The van der Waals surface area contributed by atoms with Crippen molar-refractivity contribution < 1.29 is 8.95 Å². The van der Waals surface area contributed by atoms with Gasteiger partial charge >= 0.3 is 0 Å². The second-order valence-electron chi connectivity index (χ2n) is 6.74. The van der Waals surface area contributed by atoms with Crippen LogP contribution in [0.5, 0.6) is 0 Å². The van der Waals surface area contributed by atoms with Gasteiger partial charge < -0.3 is 15.4 Å². The van der Waals surface area contributed by atoms with Gasteiger partial charge in [-0.2, -0.15) is 0 Å². The number of benzene rings is 1. The number of nitrogens with zero attached hydrogens (tertiary/aromatic N) is 1. The van der Waals surface area contributed by atoms with Crippen LogP contribution in [0.1, 0.15) is 26.3 Å². The maximum atomic E-state index is 12.1. The molecular formula is C18H31N3O2S. The van der Waals surface area contributed by atoms with E-state index in [1.807, 2.05) is 30.3 Å². The Kier molecular flexibility index (Phi) is 9.00. The molecule has 136 valence electrons. The molecule has 1 aromatic rings. The van der Waals surface area contributed by atoms with Crippen LogP contribution in [-0.4, -0.2) is 49.3 Å². The molecule has 24 heavy (non-hydrogen) atoms. The number of nitrogens with one attached hydrogen (secondary N) is 2. The number of ether oxygens (including phenoxy) is 1. The Balaban J connectivity index is 2.32. The standard InChI is InChI=1S/C18H31N3O2S/c1-18(2,3)16(23-5)13-21-17(19-4)20-11-12-24(22)14-15-9-7-6-8-10-15/h6-10,16H,11-14H2,1-5H3,(H2,19,20,21). The highest BCUT2D eigenvalue weighted by atomic mass is 32.2. The summed E-state index contributed by atoms with van der Waals surface area (Å²) >= 11 is 0. The first-order chi connectivity index (χ1) is 11.4. The van der Waals surface area contributed by atoms with Crippen LogP contribution < -0.4 is 10.6 Å². The number of hydrogen-bond acceptors (Lipinski definition) is 3. The fourth-order valence-corrected chi connectivity index (χ4v) is 3.31. The number of guanidine groups is 1. The summed E-state index contributed by atoms with van der Waals surface area (Å²) in [5.74, 6) is 1.88. The van der Waals surface area contributed by atoms with Crippen LogP contribution in [0.3, 0.4) is 0 Å². The molecule has 0 aliphatic rings. The molecule has 0 saturated carbocycles. The summed E-state index contributed by atoms with van der Waals surface area (Å²) in [5.41, 5.74) is 1.16. The first-order valence-electron chi connectivity index (χ1n) is 8.23. The smallest absolute Gasteiger partial charge is 0.191 e. The summed E-state index contributed by atoms with van der Waals surface area (Å²) in [6.07, 6.45) is 0.0864. The minimum absolute atomic E-state index is 0.0534. The number of rotatable bonds is 8. The molecule has 0 radical (unpaired) electrons. The van der Waals surface area contributed by atoms with E-state index < -0.39 is 10.8 Å². The lowest BCUT2D eigenvalue weighted by atomic mass is 9.89. The van der Waals surface area contributed by atoms with Crippen molar-refractivity contribution in [3.05, 3.63) is 35.9 Å². The van der Waals surface area contributed by atoms with Crippen molar-refractivity contribution in [2.75, 3.05) is 33.0 Å². The van der Waals surface area contributed by atoms with E-state index in [0.29, 0.717) is 30.6 Å². The van der Waals surface area contributed by atoms with Gasteiger partial charge in [0.2, 0.25) is 0 Å². The van der Waals surface area contributed by atoms with E-state index in [1.165, 1.54) is 0 Å². The van der Waals surface area contributed by atoms with Crippen LogP contribution in [0.25, 0.3) is 0 Å². The third-order valence-electron chi connectivity index (χ3n) is 3.72. The van der Waals surface area contributed by atoms with Gasteiger partial charge in [0.25, 0.3) is 0 Å². The summed E-state index contributed by atoms with van der Waals surface area (Å²) in [4.78, 5) is 4.20. The average Bonchev–Trinajstić information content (AvgIpc) is 2.53. The molecule has 0 saturated heterocycles. The first kappa shape index (κ1) is 20.6. The molecule has 0 aromatic heterocycles. The lowest BCUT2D eigenvalue weighted by molar-refractivity contribution is 0.0205. The lowest BCUT2D eigenvalue weighted by Gasteiger charge is -2.30. The molecule has 5 nitrogen and oxygen atoms in total. The lowest BCUT2D eigenvalue weighted by Crippen LogP contribution is -2.46. The molecule has 2 N–H and O–H groups in total. The predicted molar refractivity (Wildman–Crippen MR) is 103 cm³/mol. The Labute approximate surface area is 148 Å². The largest absolute Gasteiger partial charge is 0.379 e. The minimum atomic E-state index is -0.888. The van der Waals surface area contributed by atoms with Gasteiger partial charge in [-0.15, -0.1) is 0 Å². The Morgan fingerprint density at radius 3 is 2.46 bits per heavy atom. The molecule has 0 aliphatic carbocycles. The Hall–Kier alpha value is -1.40. The van der Waals surface area contributed by atoms with Crippen molar-refractivity contribution in [2.45, 2.75) is 32.6 Å². The van der Waals surface area contributed by atoms with Gasteiger partial charge in [0.1, 0.15) is 0 Å². The molecule has 0 aliphatic heterocycles. The molecule has 2 atom stereocenters. The monoisotopic (exact) mass is 353 g/mol. The van der Waals surface area contributed by atoms with E-state index >= 15 is 0 Å². The Morgan fingerprint density at radius 2 is 1.92 bits per heavy atom. The molecule has 0 heterocycles. The fraction of sp³-hybridized carbons (Fsp3) is 0.611. The fourth-order valence-electron chi connectivity index (χ4n) is 2.27. The normalized spacial score (nSPS) is 15.0. The highest BCUT2D eigenvalue weighted by molar-refractivity contribution is 7.84. The summed E-state index contributed by atoms with van der Waals surface area (Å²) in [6.45, 7) is 7.72. The second-order valence-corrected chi connectivity index (χ2v) is 8.32. The van der Waals surface area contributed by atoms with E-state index in [1.54, 1.807) is 14.2 Å². The molecule has 2 unspecified atom stereocenters. The van der Waals surface area contributed by atoms with Crippen molar-refractivity contribution in [3.8, 4) is 0 Å². The number of hydrogen-bond donors (Lipinski definition) is 2. The Morgan fingerprint density at radius 1 is 1.25 bits per heavy atom. The van der Waals surface area contributed by atoms with Crippen LogP contribution in [0.2, 0.25) is 0 Å². The summed E-state index contributed by atoms with van der Waals surface area (Å²) in [5, 5.41) is 6.47. The van der Waals surface area contributed by atoms with Crippen LogP contribution >= 0.6 is 0 Å². The number of aliphatic imine (C=N–C) groups is 1. The zero-order valence-electron chi connectivity index (χ0n) is 15.5. The van der Waals surface area contributed by atoms with Crippen LogP contribution in [0.4, 0.5) is 0 Å². The summed E-state index contributed by atoms with van der Waals surface area (Å²) < 4.78 is 17.6. The maximum absolute atomic E-state index is 12.1. The van der Waals surface area contributed by atoms with E-state index in [2.05, 4.69) is 36.4 Å². The van der Waals surface area contributed by atoms with Crippen molar-refractivity contribution in [1.82, 2.24) is 10.6 Å². The zero-order chi connectivity index (χ0) is 18.0. The first-order valence-corrected chi connectivity index (χ1v) is 9.72. The van der Waals surface area contributed by atoms with Gasteiger partial charge in [0.15, 0.2) is 5.96 Å². The third kappa shape index (κ3) is 7.93. The maximum Gasteiger partial charge on any atom is 0.191 e. The van der Waals surface area contributed by atoms with E-state index in [4.69, 9.17) is 4.74 Å². The topological polar surface area (TPSA) is 62.7 Å². The summed E-state index contributed by atoms with van der Waals surface area (Å²) in [6, 6.07) is 9.91. The van der Waals surface area contributed by atoms with E-state index in [0.717, 1.165) is 5.56 Å². The molecule has 6 heteroatoms. The highest BCUT2D eigenvalue weighted by Crippen LogP contribution is 2.20. The van der Waals surface area contributed by atoms with Crippen molar-refractivity contribution in [3.63, 3.8) is 0 Å². The minimum Gasteiger partial charge on any atom is -0.379 e. The van der Waals surface area contributed by atoms with E-state index in [9.17, 15) is 4.21 Å². The second kappa shape index (κ2) is 10.5. The predicted octanol–water partition coefficient (Wildman–Crippen LogP) is 2.16. The molecule has 0 amide bonds. The van der Waals surface area contributed by atoms with Crippen molar-refractivity contribution >= 4 is 16.8 Å². The average molecular weight is 354 g/mol. The number of methoxy groups -OCH3 is 1. The van der Waals surface area contributed by atoms with Gasteiger partial charge in [-0.25, -0.2) is 0 Å². The molecule has 1 aromatic carbocycles. The zero-order valence-corrected chi connectivity index (χ0v) is 16.3. The van der Waals surface area contributed by atoms with Crippen molar-refractivity contribution in [2.24, 2.45) is 10.4 Å². The molecule has 0 bridgehead atoms. The molecular weight excluding hydrogens is 322 g/mol. The van der Waals surface area contributed by atoms with Crippen LogP contribution in [0, 0.1) is 5.41 Å². The van der Waals surface area contributed by atoms with Gasteiger partial charge in [-0.05, 0) is 11.0 Å². The molecule has 1 rings (SSSR count). The van der Waals surface area contributed by atoms with Gasteiger partial charge in [0, 0.05) is 49.6 Å². The van der Waals surface area contributed by atoms with Crippen LogP contribution in [0.15, 0.2) is 35.3 Å². The summed E-state index contributed by atoms with van der Waals surface area (Å²) in [7, 11) is 2.57. The van der Waals surface area contributed by atoms with Gasteiger partial charge in [-0.3, -0.25) is 9.20 Å². The molecule has 0 spiro atoms. The van der Waals surface area contributed by atoms with Crippen molar-refractivity contribution in [1.29, 1.82) is 0 Å². The third-order valence-corrected chi connectivity index (χ3v) is 5.04. The van der Waals surface area contributed by atoms with Gasteiger partial charge in [0.05, 0.1) is 6.10 Å². The SMILES string of the molecule is CN=C(NCCS(=O)Cc1ccccc1)NCC(OC)C(C)(C)C. The Bertz CT molecular complexity index is 527. The molecule has 0 fully saturated rings. The highest BCUT2D eigenvalue weighted by Gasteiger charge is 2.24. The van der Waals surface area contributed by atoms with E-state index in [-0.39, 0.29) is 11.5 Å². The van der Waals surface area contributed by atoms with Crippen LogP contribution in [-0.2, 0) is 21.3 Å². The quantitative estimate of drug-likeness (QED) is 0.555. The van der Waals surface area contributed by atoms with Gasteiger partial charge in [-0.1, -0.05) is 51.1 Å².